The zero-order chi connectivity index (χ0) is 13.8. The molecule has 0 aromatic heterocycles. The molecule has 0 heterocycles. The molecule has 2 aromatic rings. The highest BCUT2D eigenvalue weighted by Gasteiger charge is 2.07. The largest absolute Gasteiger partial charge is 0.332 e. The Morgan fingerprint density at radius 2 is 1.58 bits per heavy atom. The average Bonchev–Trinajstić information content (AvgIpc) is 2.38. The van der Waals surface area contributed by atoms with Crippen LogP contribution < -0.4 is 10.6 Å². The lowest BCUT2D eigenvalue weighted by molar-refractivity contribution is 1.57. The number of rotatable bonds is 2. The number of hydrogen-bond acceptors (Lipinski definition) is 1. The predicted molar refractivity (Wildman–Crippen MR) is 90.4 cm³/mol. The molecule has 0 bridgehead atoms. The standard InChI is InChI=1S/C13H9BrCl2N2S/c14-8-4-1-2-6-10(8)17-13(19)18-11-7-3-5-9(15)12(11)16/h1-7H,(H2,17,18,19). The zero-order valence-electron chi connectivity index (χ0n) is 9.58. The molecule has 0 aliphatic heterocycles. The van der Waals surface area contributed by atoms with Crippen molar-refractivity contribution >= 4 is 67.8 Å². The molecule has 2 nitrogen and oxygen atoms in total. The number of para-hydroxylation sites is 1. The van der Waals surface area contributed by atoms with Gasteiger partial charge in [0, 0.05) is 4.47 Å². The smallest absolute Gasteiger partial charge is 0.175 e. The van der Waals surface area contributed by atoms with Gasteiger partial charge in [0.2, 0.25) is 0 Å². The summed E-state index contributed by atoms with van der Waals surface area (Å²) >= 11 is 20.7. The summed E-state index contributed by atoms with van der Waals surface area (Å²) in [5.74, 6) is 0. The second-order valence-corrected chi connectivity index (χ2v) is 5.71. The van der Waals surface area contributed by atoms with Crippen LogP contribution in [0.2, 0.25) is 10.0 Å². The van der Waals surface area contributed by atoms with E-state index < -0.39 is 0 Å². The van der Waals surface area contributed by atoms with E-state index in [0.29, 0.717) is 20.8 Å². The fourth-order valence-corrected chi connectivity index (χ4v) is 2.39. The molecular weight excluding hydrogens is 367 g/mol. The lowest BCUT2D eigenvalue weighted by atomic mass is 10.3. The van der Waals surface area contributed by atoms with Gasteiger partial charge in [0.1, 0.15) is 0 Å². The van der Waals surface area contributed by atoms with Gasteiger partial charge in [-0.25, -0.2) is 0 Å². The van der Waals surface area contributed by atoms with Crippen LogP contribution in [0.5, 0.6) is 0 Å². The van der Waals surface area contributed by atoms with Crippen LogP contribution >= 0.6 is 51.3 Å². The number of halogens is 3. The van der Waals surface area contributed by atoms with Gasteiger partial charge in [-0.1, -0.05) is 41.4 Å². The van der Waals surface area contributed by atoms with Gasteiger partial charge in [0.25, 0.3) is 0 Å². The molecule has 98 valence electrons. The normalized spacial score (nSPS) is 10.1. The summed E-state index contributed by atoms with van der Waals surface area (Å²) in [5, 5.41) is 7.45. The Morgan fingerprint density at radius 1 is 0.947 bits per heavy atom. The minimum absolute atomic E-state index is 0.441. The quantitative estimate of drug-likeness (QED) is 0.671. The molecule has 2 aromatic carbocycles. The van der Waals surface area contributed by atoms with E-state index in [1.54, 1.807) is 12.1 Å². The molecule has 0 aliphatic rings. The Hall–Kier alpha value is -0.810. The van der Waals surface area contributed by atoms with Crippen molar-refractivity contribution in [3.05, 3.63) is 57.0 Å². The summed E-state index contributed by atoms with van der Waals surface area (Å²) in [7, 11) is 0. The van der Waals surface area contributed by atoms with Crippen LogP contribution in [-0.2, 0) is 0 Å². The minimum atomic E-state index is 0.441. The number of nitrogens with one attached hydrogen (secondary N) is 2. The summed E-state index contributed by atoms with van der Waals surface area (Å²) in [6.07, 6.45) is 0. The summed E-state index contributed by atoms with van der Waals surface area (Å²) in [5.41, 5.74) is 1.54. The number of anilines is 2. The van der Waals surface area contributed by atoms with Gasteiger partial charge in [-0.05, 0) is 52.4 Å². The molecule has 0 spiro atoms. The van der Waals surface area contributed by atoms with Gasteiger partial charge in [-0.2, -0.15) is 0 Å². The van der Waals surface area contributed by atoms with Gasteiger partial charge in [-0.3, -0.25) is 0 Å². The first-order valence-corrected chi connectivity index (χ1v) is 7.30. The third-order valence-corrected chi connectivity index (χ3v) is 4.04. The highest BCUT2D eigenvalue weighted by Crippen LogP contribution is 2.29. The van der Waals surface area contributed by atoms with E-state index in [1.807, 2.05) is 30.3 Å². The lowest BCUT2D eigenvalue weighted by Crippen LogP contribution is -2.19. The maximum atomic E-state index is 6.08. The van der Waals surface area contributed by atoms with Crippen LogP contribution in [0.1, 0.15) is 0 Å². The van der Waals surface area contributed by atoms with Crippen molar-refractivity contribution in [1.82, 2.24) is 0 Å². The van der Waals surface area contributed by atoms with E-state index in [1.165, 1.54) is 0 Å². The van der Waals surface area contributed by atoms with E-state index in [2.05, 4.69) is 26.6 Å². The highest BCUT2D eigenvalue weighted by atomic mass is 79.9. The molecule has 0 saturated carbocycles. The van der Waals surface area contributed by atoms with Crippen molar-refractivity contribution in [2.75, 3.05) is 10.6 Å². The van der Waals surface area contributed by atoms with Crippen molar-refractivity contribution in [2.24, 2.45) is 0 Å². The monoisotopic (exact) mass is 374 g/mol. The SMILES string of the molecule is S=C(Nc1ccccc1Br)Nc1cccc(Cl)c1Cl. The third-order valence-electron chi connectivity index (χ3n) is 2.32. The van der Waals surface area contributed by atoms with E-state index in [4.69, 9.17) is 35.4 Å². The molecule has 0 amide bonds. The van der Waals surface area contributed by atoms with Crippen LogP contribution in [0.3, 0.4) is 0 Å². The van der Waals surface area contributed by atoms with Crippen molar-refractivity contribution in [3.8, 4) is 0 Å². The summed E-state index contributed by atoms with van der Waals surface area (Å²) in [6.45, 7) is 0. The Morgan fingerprint density at radius 3 is 2.32 bits per heavy atom. The third kappa shape index (κ3) is 3.83. The van der Waals surface area contributed by atoms with Crippen molar-refractivity contribution in [2.45, 2.75) is 0 Å². The molecule has 0 unspecified atom stereocenters. The number of benzene rings is 2. The lowest BCUT2D eigenvalue weighted by Gasteiger charge is -2.13. The average molecular weight is 376 g/mol. The molecule has 19 heavy (non-hydrogen) atoms. The van der Waals surface area contributed by atoms with Gasteiger partial charge in [0.05, 0.1) is 21.4 Å². The van der Waals surface area contributed by atoms with Gasteiger partial charge >= 0.3 is 0 Å². The van der Waals surface area contributed by atoms with E-state index in [-0.39, 0.29) is 0 Å². The van der Waals surface area contributed by atoms with Crippen molar-refractivity contribution < 1.29 is 0 Å². The topological polar surface area (TPSA) is 24.1 Å². The Kier molecular flexibility index (Phi) is 5.05. The maximum absolute atomic E-state index is 6.08. The minimum Gasteiger partial charge on any atom is -0.332 e. The summed E-state index contributed by atoms with van der Waals surface area (Å²) in [4.78, 5) is 0. The van der Waals surface area contributed by atoms with Gasteiger partial charge in [-0.15, -0.1) is 0 Å². The first-order chi connectivity index (χ1) is 9.08. The highest BCUT2D eigenvalue weighted by molar-refractivity contribution is 9.10. The van der Waals surface area contributed by atoms with Gasteiger partial charge < -0.3 is 10.6 Å². The molecule has 2 N–H and O–H groups in total. The Labute approximate surface area is 135 Å². The number of thiocarbonyl (C=S) groups is 1. The fourth-order valence-electron chi connectivity index (χ4n) is 1.44. The first kappa shape index (κ1) is 14.6. The van der Waals surface area contributed by atoms with Crippen LogP contribution in [0.15, 0.2) is 46.9 Å². The molecule has 6 heteroatoms. The maximum Gasteiger partial charge on any atom is 0.175 e. The van der Waals surface area contributed by atoms with Gasteiger partial charge in [0.15, 0.2) is 5.11 Å². The van der Waals surface area contributed by atoms with E-state index in [0.717, 1.165) is 10.2 Å². The van der Waals surface area contributed by atoms with Crippen molar-refractivity contribution in [3.63, 3.8) is 0 Å². The number of hydrogen-bond donors (Lipinski definition) is 2. The molecule has 0 saturated heterocycles. The predicted octanol–water partition coefficient (Wildman–Crippen LogP) is 5.56. The van der Waals surface area contributed by atoms with E-state index >= 15 is 0 Å². The second kappa shape index (κ2) is 6.57. The van der Waals surface area contributed by atoms with Crippen LogP contribution in [0, 0.1) is 0 Å². The second-order valence-electron chi connectivity index (χ2n) is 3.66. The van der Waals surface area contributed by atoms with Crippen LogP contribution in [-0.4, -0.2) is 5.11 Å². The molecule has 0 radical (unpaired) electrons. The summed E-state index contributed by atoms with van der Waals surface area (Å²) in [6, 6.07) is 13.0. The molecule has 0 atom stereocenters. The molecular formula is C13H9BrCl2N2S. The van der Waals surface area contributed by atoms with Crippen LogP contribution in [0.25, 0.3) is 0 Å². The fraction of sp³-hybridized carbons (Fsp3) is 0. The van der Waals surface area contributed by atoms with Crippen molar-refractivity contribution in [1.29, 1.82) is 0 Å². The van der Waals surface area contributed by atoms with Crippen LogP contribution in [0.4, 0.5) is 11.4 Å². The Balaban J connectivity index is 2.10. The molecule has 2 rings (SSSR count). The van der Waals surface area contributed by atoms with E-state index in [9.17, 15) is 0 Å². The first-order valence-electron chi connectivity index (χ1n) is 5.34. The zero-order valence-corrected chi connectivity index (χ0v) is 13.5. The molecule has 0 aliphatic carbocycles. The molecule has 0 fully saturated rings. The Bertz CT molecular complexity index is 619. The summed E-state index contributed by atoms with van der Waals surface area (Å²) < 4.78 is 0.927.